The van der Waals surface area contributed by atoms with Crippen LogP contribution in [-0.4, -0.2) is 6.03 Å². The van der Waals surface area contributed by atoms with Gasteiger partial charge in [-0.1, -0.05) is 18.1 Å². The summed E-state index contributed by atoms with van der Waals surface area (Å²) in [6.07, 6.45) is 5.31. The van der Waals surface area contributed by atoms with Gasteiger partial charge in [-0.2, -0.15) is 0 Å². The minimum absolute atomic E-state index is 0.398. The average Bonchev–Trinajstić information content (AvgIpc) is 2.44. The number of amides is 2. The zero-order valence-electron chi connectivity index (χ0n) is 10.5. The highest BCUT2D eigenvalue weighted by Crippen LogP contribution is 2.18. The van der Waals surface area contributed by atoms with E-state index in [0.717, 1.165) is 5.01 Å². The number of nitrogens with zero attached hydrogens (tertiary/aromatic N) is 1. The molecule has 0 unspecified atom stereocenters. The minimum Gasteiger partial charge on any atom is -0.350 e. The van der Waals surface area contributed by atoms with Gasteiger partial charge >= 0.3 is 6.03 Å². The third kappa shape index (κ3) is 3.06. The Bertz CT molecular complexity index is 679. The molecule has 2 rings (SSSR count). The zero-order chi connectivity index (χ0) is 14.5. The number of benzene rings is 2. The molecule has 100 valence electrons. The van der Waals surface area contributed by atoms with Crippen molar-refractivity contribution in [3.05, 3.63) is 59.9 Å². The predicted molar refractivity (Wildman–Crippen MR) is 76.5 cm³/mol. The van der Waals surface area contributed by atoms with Crippen LogP contribution >= 0.6 is 0 Å². The molecule has 0 saturated carbocycles. The number of anilines is 2. The lowest BCUT2D eigenvalue weighted by Gasteiger charge is -2.22. The summed E-state index contributed by atoms with van der Waals surface area (Å²) in [5.41, 5.74) is 9.54. The van der Waals surface area contributed by atoms with E-state index in [2.05, 4.69) is 11.3 Å². The van der Waals surface area contributed by atoms with Gasteiger partial charge in [-0.15, -0.1) is 6.42 Å². The highest BCUT2D eigenvalue weighted by atomic mass is 19.1. The van der Waals surface area contributed by atoms with E-state index < -0.39 is 11.8 Å². The van der Waals surface area contributed by atoms with Crippen LogP contribution in [-0.2, 0) is 0 Å². The molecule has 0 aliphatic carbocycles. The Morgan fingerprint density at radius 3 is 2.65 bits per heavy atom. The van der Waals surface area contributed by atoms with Gasteiger partial charge in [-0.25, -0.2) is 14.2 Å². The maximum absolute atomic E-state index is 13.1. The average molecular weight is 269 g/mol. The van der Waals surface area contributed by atoms with Gasteiger partial charge in [-0.3, -0.25) is 5.43 Å². The number of hydrogen-bond donors (Lipinski definition) is 2. The second-order valence-corrected chi connectivity index (χ2v) is 3.99. The first-order chi connectivity index (χ1) is 9.60. The lowest BCUT2D eigenvalue weighted by molar-refractivity contribution is 0.255. The van der Waals surface area contributed by atoms with Gasteiger partial charge in [0.1, 0.15) is 5.82 Å². The van der Waals surface area contributed by atoms with Crippen molar-refractivity contribution in [3.8, 4) is 12.3 Å². The second kappa shape index (κ2) is 5.76. The number of halogens is 1. The molecule has 2 aromatic carbocycles. The van der Waals surface area contributed by atoms with E-state index in [1.165, 1.54) is 18.2 Å². The van der Waals surface area contributed by atoms with Crippen LogP contribution in [0, 0.1) is 18.2 Å². The van der Waals surface area contributed by atoms with Crippen molar-refractivity contribution < 1.29 is 9.18 Å². The van der Waals surface area contributed by atoms with Gasteiger partial charge < -0.3 is 5.73 Å². The molecule has 0 radical (unpaired) electrons. The molecule has 4 nitrogen and oxygen atoms in total. The summed E-state index contributed by atoms with van der Waals surface area (Å²) in [4.78, 5) is 11.5. The molecule has 0 atom stereocenters. The van der Waals surface area contributed by atoms with Gasteiger partial charge in [0.2, 0.25) is 0 Å². The van der Waals surface area contributed by atoms with Crippen LogP contribution in [0.15, 0.2) is 48.5 Å². The summed E-state index contributed by atoms with van der Waals surface area (Å²) in [5, 5.41) is 1.09. The molecular weight excluding hydrogens is 257 g/mol. The third-order valence-corrected chi connectivity index (χ3v) is 2.56. The Balaban J connectivity index is 2.32. The van der Waals surface area contributed by atoms with Gasteiger partial charge in [0.15, 0.2) is 0 Å². The summed E-state index contributed by atoms with van der Waals surface area (Å²) < 4.78 is 13.1. The largest absolute Gasteiger partial charge is 0.350 e. The normalized spacial score (nSPS) is 9.60. The number of rotatable bonds is 3. The molecule has 0 heterocycles. The Hall–Kier alpha value is -3.00. The van der Waals surface area contributed by atoms with E-state index in [1.54, 1.807) is 30.3 Å². The Morgan fingerprint density at radius 2 is 2.00 bits per heavy atom. The van der Waals surface area contributed by atoms with Crippen molar-refractivity contribution in [1.29, 1.82) is 0 Å². The number of hydrazine groups is 1. The van der Waals surface area contributed by atoms with E-state index in [1.807, 2.05) is 0 Å². The van der Waals surface area contributed by atoms with Crippen molar-refractivity contribution in [2.75, 3.05) is 10.4 Å². The quantitative estimate of drug-likeness (QED) is 0.665. The van der Waals surface area contributed by atoms with Crippen LogP contribution < -0.4 is 16.2 Å². The number of urea groups is 1. The number of nitrogens with two attached hydrogens (primary N) is 1. The van der Waals surface area contributed by atoms with Crippen molar-refractivity contribution in [2.24, 2.45) is 5.73 Å². The van der Waals surface area contributed by atoms with Crippen LogP contribution in [0.4, 0.5) is 20.6 Å². The van der Waals surface area contributed by atoms with Crippen molar-refractivity contribution >= 4 is 17.4 Å². The van der Waals surface area contributed by atoms with Gasteiger partial charge in [0.25, 0.3) is 0 Å². The number of carbonyl (C=O) groups excluding carboxylic acids is 1. The number of carbonyl (C=O) groups is 1. The highest BCUT2D eigenvalue weighted by Gasteiger charge is 2.13. The molecule has 2 amide bonds. The van der Waals surface area contributed by atoms with Crippen LogP contribution in [0.25, 0.3) is 0 Å². The first-order valence-electron chi connectivity index (χ1n) is 5.78. The van der Waals surface area contributed by atoms with Crippen molar-refractivity contribution in [3.63, 3.8) is 0 Å². The molecule has 0 bridgehead atoms. The zero-order valence-corrected chi connectivity index (χ0v) is 10.5. The molecule has 0 saturated heterocycles. The fraction of sp³-hybridized carbons (Fsp3) is 0. The van der Waals surface area contributed by atoms with Gasteiger partial charge in [0.05, 0.1) is 11.4 Å². The number of hydrogen-bond acceptors (Lipinski definition) is 2. The van der Waals surface area contributed by atoms with Crippen LogP contribution in [0.2, 0.25) is 0 Å². The van der Waals surface area contributed by atoms with Crippen LogP contribution in [0.3, 0.4) is 0 Å². The van der Waals surface area contributed by atoms with Gasteiger partial charge in [0, 0.05) is 5.56 Å². The van der Waals surface area contributed by atoms with Crippen molar-refractivity contribution in [2.45, 2.75) is 0 Å². The minimum atomic E-state index is -0.733. The number of primary amides is 1. The van der Waals surface area contributed by atoms with Crippen LogP contribution in [0.5, 0.6) is 0 Å². The van der Waals surface area contributed by atoms with E-state index >= 15 is 0 Å². The molecule has 0 aliphatic heterocycles. The lowest BCUT2D eigenvalue weighted by atomic mass is 10.2. The topological polar surface area (TPSA) is 58.4 Å². The molecule has 0 spiro atoms. The lowest BCUT2D eigenvalue weighted by Crippen LogP contribution is -2.40. The molecule has 5 heteroatoms. The molecule has 2 aromatic rings. The maximum atomic E-state index is 13.1. The van der Waals surface area contributed by atoms with Gasteiger partial charge in [-0.05, 0) is 36.4 Å². The smallest absolute Gasteiger partial charge is 0.338 e. The molecular formula is C15H12FN3O. The molecule has 0 fully saturated rings. The fourth-order valence-electron chi connectivity index (χ4n) is 1.67. The molecule has 20 heavy (non-hydrogen) atoms. The second-order valence-electron chi connectivity index (χ2n) is 3.99. The summed E-state index contributed by atoms with van der Waals surface area (Å²) in [7, 11) is 0. The first kappa shape index (κ1) is 13.4. The monoisotopic (exact) mass is 269 g/mol. The molecule has 0 aliphatic rings. The third-order valence-electron chi connectivity index (χ3n) is 2.56. The predicted octanol–water partition coefficient (Wildman–Crippen LogP) is 2.72. The maximum Gasteiger partial charge on any atom is 0.338 e. The van der Waals surface area contributed by atoms with E-state index in [9.17, 15) is 9.18 Å². The SMILES string of the molecule is C#Cc1cccc(N(Nc2cccc(F)c2)C(N)=O)c1. The van der Waals surface area contributed by atoms with Crippen LogP contribution in [0.1, 0.15) is 5.56 Å². The highest BCUT2D eigenvalue weighted by molar-refractivity contribution is 5.92. The Labute approximate surface area is 116 Å². The Morgan fingerprint density at radius 1 is 1.25 bits per heavy atom. The summed E-state index contributed by atoms with van der Waals surface area (Å²) in [5.74, 6) is 2.05. The number of nitrogens with one attached hydrogen (secondary N) is 1. The molecule has 3 N–H and O–H groups in total. The Kier molecular flexibility index (Phi) is 3.87. The summed E-state index contributed by atoms with van der Waals surface area (Å²) in [6, 6.07) is 11.7. The fourth-order valence-corrected chi connectivity index (χ4v) is 1.67. The molecule has 0 aromatic heterocycles. The van der Waals surface area contributed by atoms with E-state index in [-0.39, 0.29) is 0 Å². The first-order valence-corrected chi connectivity index (χ1v) is 5.78. The summed E-state index contributed by atoms with van der Waals surface area (Å²) >= 11 is 0. The van der Waals surface area contributed by atoms with E-state index in [0.29, 0.717) is 16.9 Å². The standard InChI is InChI=1S/C15H12FN3O/c1-2-11-5-3-8-14(9-11)19(15(17)20)18-13-7-4-6-12(16)10-13/h1,3-10,18H,(H2,17,20). The number of terminal acetylenes is 1. The van der Waals surface area contributed by atoms with E-state index in [4.69, 9.17) is 12.2 Å². The van der Waals surface area contributed by atoms with Crippen molar-refractivity contribution in [1.82, 2.24) is 0 Å². The summed E-state index contributed by atoms with van der Waals surface area (Å²) in [6.45, 7) is 0.